The highest BCUT2D eigenvalue weighted by atomic mass is 32.3. The molecule has 0 unspecified atom stereocenters. The maximum atomic E-state index is 8.74. The fourth-order valence-electron chi connectivity index (χ4n) is 5.75. The van der Waals surface area contributed by atoms with Crippen molar-refractivity contribution in [1.29, 1.82) is 0 Å². The highest BCUT2D eigenvalue weighted by Gasteiger charge is 2.37. The molecule has 2 N–H and O–H groups in total. The van der Waals surface area contributed by atoms with Crippen molar-refractivity contribution in [3.05, 3.63) is 57.6 Å². The lowest BCUT2D eigenvalue weighted by atomic mass is 9.68. The van der Waals surface area contributed by atoms with Crippen LogP contribution in [0.5, 0.6) is 11.5 Å². The molecule has 2 rings (SSSR count). The molecule has 0 saturated carbocycles. The summed E-state index contributed by atoms with van der Waals surface area (Å²) in [6.45, 7) is 41.9. The summed E-state index contributed by atoms with van der Waals surface area (Å²) in [5.74, 6) is 1.97. The van der Waals surface area contributed by atoms with Gasteiger partial charge >= 0.3 is 10.4 Å². The van der Waals surface area contributed by atoms with Crippen molar-refractivity contribution >= 4 is 10.4 Å². The second-order valence-electron chi connectivity index (χ2n) is 17.8. The zero-order valence-corrected chi connectivity index (χ0v) is 30.7. The average molecular weight is 605 g/mol. The van der Waals surface area contributed by atoms with E-state index in [0.29, 0.717) is 0 Å². The summed E-state index contributed by atoms with van der Waals surface area (Å²) >= 11 is 0. The maximum Gasteiger partial charge on any atom is 0.394 e. The van der Waals surface area contributed by atoms with Gasteiger partial charge in [0.1, 0.15) is 11.5 Å². The molecule has 0 bridgehead atoms. The molecule has 0 spiro atoms. The van der Waals surface area contributed by atoms with Crippen molar-refractivity contribution in [1.82, 2.24) is 0 Å². The Kier molecular flexibility index (Phi) is 10.8. The van der Waals surface area contributed by atoms with Gasteiger partial charge in [0.15, 0.2) is 0 Å². The number of hydrogen-bond acceptors (Lipinski definition) is 3. The summed E-state index contributed by atoms with van der Waals surface area (Å²) in [4.78, 5) is 0. The van der Waals surface area contributed by atoms with Gasteiger partial charge in [-0.1, -0.05) is 137 Å². The highest BCUT2D eigenvalue weighted by molar-refractivity contribution is 7.79. The van der Waals surface area contributed by atoms with Gasteiger partial charge in [0, 0.05) is 11.1 Å². The van der Waals surface area contributed by atoms with Gasteiger partial charge in [0.2, 0.25) is 0 Å². The van der Waals surface area contributed by atoms with Gasteiger partial charge in [0.05, 0.1) is 0 Å². The van der Waals surface area contributed by atoms with Crippen LogP contribution in [0.25, 0.3) is 0 Å². The van der Waals surface area contributed by atoms with Crippen molar-refractivity contribution in [2.24, 2.45) is 0 Å². The zero-order valence-electron chi connectivity index (χ0n) is 29.8. The molecular formula is C36H60O5S. The summed E-state index contributed by atoms with van der Waals surface area (Å²) < 4.78 is 38.7. The zero-order chi connectivity index (χ0) is 33.7. The van der Waals surface area contributed by atoms with E-state index in [-0.39, 0.29) is 32.5 Å². The fourth-order valence-corrected chi connectivity index (χ4v) is 5.75. The molecule has 6 heteroatoms. The monoisotopic (exact) mass is 604 g/mol. The van der Waals surface area contributed by atoms with Crippen molar-refractivity contribution in [2.75, 3.05) is 0 Å². The standard InChI is InChI=1S/C36H58O.H2O4S/c1-31(2,3)23-19-21-25(29(35(13,14)15)27(23)33(7,8)9)37-26-22-20-24(32(4,5)6)28(34(10,11)12)30(26)36(16,17)18;1-5(2,3)4/h19-22H,1-18H3;(H2,1,2,3,4). The molecule has 0 aliphatic rings. The Hall–Kier alpha value is -1.89. The third-order valence-corrected chi connectivity index (χ3v) is 7.17. The molecule has 0 radical (unpaired) electrons. The first-order valence-corrected chi connectivity index (χ1v) is 16.3. The van der Waals surface area contributed by atoms with E-state index in [0.717, 1.165) is 11.5 Å². The van der Waals surface area contributed by atoms with Gasteiger partial charge in [-0.15, -0.1) is 0 Å². The molecule has 42 heavy (non-hydrogen) atoms. The molecule has 0 fully saturated rings. The predicted molar refractivity (Wildman–Crippen MR) is 179 cm³/mol. The van der Waals surface area contributed by atoms with Crippen LogP contribution in [0, 0.1) is 0 Å². The lowest BCUT2D eigenvalue weighted by Crippen LogP contribution is -2.29. The quantitative estimate of drug-likeness (QED) is 0.333. The number of benzene rings is 2. The largest absolute Gasteiger partial charge is 0.457 e. The average Bonchev–Trinajstić information content (AvgIpc) is 2.67. The SMILES string of the molecule is CC(C)(C)c1ccc(Oc2ccc(C(C)(C)C)c(C(C)(C)C)c2C(C)(C)C)c(C(C)(C)C)c1C(C)(C)C.O=S(=O)(O)O. The summed E-state index contributed by atoms with van der Waals surface area (Å²) in [7, 11) is -4.67. The second kappa shape index (κ2) is 11.9. The third-order valence-electron chi connectivity index (χ3n) is 7.17. The van der Waals surface area contributed by atoms with Crippen LogP contribution >= 0.6 is 0 Å². The number of hydrogen-bond donors (Lipinski definition) is 2. The summed E-state index contributed by atoms with van der Waals surface area (Å²) in [5.41, 5.74) is 8.24. The topological polar surface area (TPSA) is 83.8 Å². The van der Waals surface area contributed by atoms with Crippen molar-refractivity contribution in [2.45, 2.75) is 157 Å². The van der Waals surface area contributed by atoms with Crippen molar-refractivity contribution in [3.63, 3.8) is 0 Å². The van der Waals surface area contributed by atoms with Crippen molar-refractivity contribution in [3.8, 4) is 11.5 Å². The molecule has 2 aromatic carbocycles. The Bertz CT molecular complexity index is 1260. The Morgan fingerprint density at radius 1 is 0.429 bits per heavy atom. The fraction of sp³-hybridized carbons (Fsp3) is 0.667. The van der Waals surface area contributed by atoms with E-state index in [1.165, 1.54) is 33.4 Å². The normalized spacial score (nSPS) is 13.9. The molecule has 0 saturated heterocycles. The second-order valence-corrected chi connectivity index (χ2v) is 18.7. The van der Waals surface area contributed by atoms with Gasteiger partial charge in [-0.25, -0.2) is 0 Å². The summed E-state index contributed by atoms with van der Waals surface area (Å²) in [6, 6.07) is 9.10. The van der Waals surface area contributed by atoms with E-state index in [4.69, 9.17) is 22.3 Å². The smallest absolute Gasteiger partial charge is 0.394 e. The first-order chi connectivity index (χ1) is 18.2. The molecule has 0 atom stereocenters. The summed E-state index contributed by atoms with van der Waals surface area (Å²) in [6.07, 6.45) is 0. The minimum Gasteiger partial charge on any atom is -0.457 e. The van der Waals surface area contributed by atoms with Crippen LogP contribution in [-0.2, 0) is 42.9 Å². The Morgan fingerprint density at radius 3 is 0.810 bits per heavy atom. The number of rotatable bonds is 2. The molecule has 2 aromatic rings. The van der Waals surface area contributed by atoms with Crippen LogP contribution in [-0.4, -0.2) is 17.5 Å². The third kappa shape index (κ3) is 10.1. The van der Waals surface area contributed by atoms with Crippen LogP contribution in [0.15, 0.2) is 24.3 Å². The molecule has 240 valence electrons. The van der Waals surface area contributed by atoms with E-state index in [1.54, 1.807) is 0 Å². The Labute approximate surface area is 258 Å². The van der Waals surface area contributed by atoms with E-state index in [2.05, 4.69) is 149 Å². The van der Waals surface area contributed by atoms with Crippen molar-refractivity contribution < 1.29 is 22.3 Å². The van der Waals surface area contributed by atoms with E-state index in [1.807, 2.05) is 0 Å². The first-order valence-electron chi connectivity index (χ1n) is 14.9. The van der Waals surface area contributed by atoms with E-state index < -0.39 is 10.4 Å². The van der Waals surface area contributed by atoms with Gasteiger partial charge in [-0.3, -0.25) is 9.11 Å². The lowest BCUT2D eigenvalue weighted by molar-refractivity contribution is 0.381. The minimum absolute atomic E-state index is 0.00981. The predicted octanol–water partition coefficient (Wildman–Crippen LogP) is 10.6. The van der Waals surface area contributed by atoms with Gasteiger partial charge in [-0.2, -0.15) is 8.42 Å². The molecule has 0 aliphatic carbocycles. The van der Waals surface area contributed by atoms with Crippen LogP contribution < -0.4 is 4.74 Å². The van der Waals surface area contributed by atoms with Gasteiger partial charge < -0.3 is 4.74 Å². The van der Waals surface area contributed by atoms with Gasteiger partial charge in [0.25, 0.3) is 0 Å². The van der Waals surface area contributed by atoms with Gasteiger partial charge in [-0.05, 0) is 66.9 Å². The lowest BCUT2D eigenvalue weighted by Gasteiger charge is -2.39. The van der Waals surface area contributed by atoms with Crippen LogP contribution in [0.3, 0.4) is 0 Å². The summed E-state index contributed by atoms with van der Waals surface area (Å²) in [5, 5.41) is 0. The van der Waals surface area contributed by atoms with Crippen LogP contribution in [0.4, 0.5) is 0 Å². The minimum atomic E-state index is -4.67. The van der Waals surface area contributed by atoms with Crippen LogP contribution in [0.1, 0.15) is 158 Å². The molecule has 0 aromatic heterocycles. The molecule has 0 amide bonds. The molecule has 0 aliphatic heterocycles. The van der Waals surface area contributed by atoms with E-state index >= 15 is 0 Å². The number of ether oxygens (including phenoxy) is 1. The Morgan fingerprint density at radius 2 is 0.643 bits per heavy atom. The molecular weight excluding hydrogens is 544 g/mol. The first kappa shape index (κ1) is 38.1. The molecule has 0 heterocycles. The molecule has 5 nitrogen and oxygen atoms in total. The van der Waals surface area contributed by atoms with E-state index in [9.17, 15) is 0 Å². The Balaban J connectivity index is 0.00000162. The highest BCUT2D eigenvalue weighted by Crippen LogP contribution is 2.49. The maximum absolute atomic E-state index is 8.74. The van der Waals surface area contributed by atoms with Crippen LogP contribution in [0.2, 0.25) is 0 Å².